The Kier molecular flexibility index (Phi) is 3.78. The Hall–Kier alpha value is -1.69. The molecule has 1 aromatic rings. The summed E-state index contributed by atoms with van der Waals surface area (Å²) < 4.78 is 25.9. The lowest BCUT2D eigenvalue weighted by atomic mass is 10.00. The summed E-state index contributed by atoms with van der Waals surface area (Å²) in [6.45, 7) is -0.993. The lowest BCUT2D eigenvalue weighted by Gasteiger charge is -2.11. The van der Waals surface area contributed by atoms with Crippen molar-refractivity contribution in [2.24, 2.45) is 5.73 Å². The SMILES string of the molecule is N[C@@H](Cc1c(F)cc(O)cc1CF)C(=O)O. The van der Waals surface area contributed by atoms with E-state index in [1.165, 1.54) is 0 Å². The van der Waals surface area contributed by atoms with Gasteiger partial charge in [0.25, 0.3) is 0 Å². The summed E-state index contributed by atoms with van der Waals surface area (Å²) in [6, 6.07) is 0.542. The molecule has 0 amide bonds. The van der Waals surface area contributed by atoms with Crippen LogP contribution >= 0.6 is 0 Å². The first-order chi connectivity index (χ1) is 7.45. The predicted octanol–water partition coefficient (Wildman–Crippen LogP) is 0.955. The number of phenols is 1. The highest BCUT2D eigenvalue weighted by Gasteiger charge is 2.18. The third kappa shape index (κ3) is 2.66. The number of aliphatic carboxylic acids is 1. The summed E-state index contributed by atoms with van der Waals surface area (Å²) in [5.41, 5.74) is 5.02. The van der Waals surface area contributed by atoms with Gasteiger partial charge in [0.15, 0.2) is 0 Å². The largest absolute Gasteiger partial charge is 0.508 e. The first-order valence-corrected chi connectivity index (χ1v) is 4.50. The lowest BCUT2D eigenvalue weighted by molar-refractivity contribution is -0.138. The quantitative estimate of drug-likeness (QED) is 0.720. The molecule has 0 aliphatic rings. The van der Waals surface area contributed by atoms with Gasteiger partial charge in [-0.15, -0.1) is 0 Å². The Bertz CT molecular complexity index is 409. The molecule has 6 heteroatoms. The Morgan fingerprint density at radius 1 is 1.50 bits per heavy atom. The second kappa shape index (κ2) is 4.89. The number of phenolic OH excluding ortho intramolecular Hbond substituents is 1. The van der Waals surface area contributed by atoms with Crippen molar-refractivity contribution < 1.29 is 23.8 Å². The van der Waals surface area contributed by atoms with Crippen molar-refractivity contribution in [3.05, 3.63) is 29.1 Å². The number of carboxylic acids is 1. The van der Waals surface area contributed by atoms with Crippen LogP contribution in [0.1, 0.15) is 11.1 Å². The van der Waals surface area contributed by atoms with E-state index in [0.717, 1.165) is 12.1 Å². The van der Waals surface area contributed by atoms with Crippen LogP contribution in [0.2, 0.25) is 0 Å². The minimum absolute atomic E-state index is 0.0887. The predicted molar refractivity (Wildman–Crippen MR) is 52.2 cm³/mol. The fraction of sp³-hybridized carbons (Fsp3) is 0.300. The van der Waals surface area contributed by atoms with E-state index >= 15 is 0 Å². The van der Waals surface area contributed by atoms with E-state index in [1.807, 2.05) is 0 Å². The number of aromatic hydroxyl groups is 1. The van der Waals surface area contributed by atoms with Gasteiger partial charge in [0.05, 0.1) is 0 Å². The van der Waals surface area contributed by atoms with Crippen molar-refractivity contribution in [3.8, 4) is 5.75 Å². The number of halogens is 2. The molecule has 0 aromatic heterocycles. The van der Waals surface area contributed by atoms with Crippen LogP contribution in [0.3, 0.4) is 0 Å². The van der Waals surface area contributed by atoms with Crippen LogP contribution in [-0.2, 0) is 17.9 Å². The van der Waals surface area contributed by atoms with Crippen LogP contribution in [0.4, 0.5) is 8.78 Å². The number of benzene rings is 1. The van der Waals surface area contributed by atoms with E-state index in [0.29, 0.717) is 0 Å². The second-order valence-corrected chi connectivity index (χ2v) is 3.35. The highest BCUT2D eigenvalue weighted by Crippen LogP contribution is 2.22. The molecule has 88 valence electrons. The first-order valence-electron chi connectivity index (χ1n) is 4.50. The summed E-state index contributed by atoms with van der Waals surface area (Å²) in [7, 11) is 0. The Balaban J connectivity index is 3.07. The number of hydrogen-bond donors (Lipinski definition) is 3. The first kappa shape index (κ1) is 12.4. The number of hydrogen-bond acceptors (Lipinski definition) is 3. The zero-order chi connectivity index (χ0) is 12.3. The topological polar surface area (TPSA) is 83.5 Å². The summed E-state index contributed by atoms with van der Waals surface area (Å²) in [5.74, 6) is -2.56. The standard InChI is InChI=1S/C10H11F2NO3/c11-4-5-1-6(14)2-8(12)7(5)3-9(13)10(15)16/h1-2,9,14H,3-4,13H2,(H,15,16)/t9-/m0/s1. The molecular weight excluding hydrogens is 220 g/mol. The molecule has 4 N–H and O–H groups in total. The molecule has 0 bridgehead atoms. The molecule has 1 aromatic carbocycles. The van der Waals surface area contributed by atoms with Gasteiger partial charge in [-0.25, -0.2) is 8.78 Å². The molecule has 1 rings (SSSR count). The fourth-order valence-corrected chi connectivity index (χ4v) is 1.33. The second-order valence-electron chi connectivity index (χ2n) is 3.35. The van der Waals surface area contributed by atoms with Gasteiger partial charge in [0.1, 0.15) is 24.3 Å². The normalized spacial score (nSPS) is 12.4. The summed E-state index contributed by atoms with van der Waals surface area (Å²) in [5, 5.41) is 17.6. The monoisotopic (exact) mass is 231 g/mol. The molecule has 0 saturated heterocycles. The Morgan fingerprint density at radius 2 is 2.12 bits per heavy atom. The molecule has 16 heavy (non-hydrogen) atoms. The van der Waals surface area contributed by atoms with Crippen molar-refractivity contribution >= 4 is 5.97 Å². The zero-order valence-corrected chi connectivity index (χ0v) is 8.28. The van der Waals surface area contributed by atoms with Crippen LogP contribution in [0.15, 0.2) is 12.1 Å². The molecule has 4 nitrogen and oxygen atoms in total. The van der Waals surface area contributed by atoms with Gasteiger partial charge in [-0.3, -0.25) is 4.79 Å². The number of carboxylic acid groups (broad SMARTS) is 1. The van der Waals surface area contributed by atoms with Crippen molar-refractivity contribution in [1.29, 1.82) is 0 Å². The smallest absolute Gasteiger partial charge is 0.320 e. The van der Waals surface area contributed by atoms with Crippen LogP contribution in [0.5, 0.6) is 5.75 Å². The minimum Gasteiger partial charge on any atom is -0.508 e. The highest BCUT2D eigenvalue weighted by molar-refractivity contribution is 5.73. The maximum Gasteiger partial charge on any atom is 0.320 e. The van der Waals surface area contributed by atoms with Gasteiger partial charge in [0, 0.05) is 12.5 Å². The Labute approximate surface area is 90.3 Å². The van der Waals surface area contributed by atoms with Gasteiger partial charge in [-0.05, 0) is 17.2 Å². The molecule has 0 saturated carbocycles. The molecular formula is C10H11F2NO3. The Morgan fingerprint density at radius 3 is 2.62 bits per heavy atom. The average molecular weight is 231 g/mol. The number of rotatable bonds is 4. The van der Waals surface area contributed by atoms with Gasteiger partial charge in [-0.2, -0.15) is 0 Å². The van der Waals surface area contributed by atoms with E-state index in [1.54, 1.807) is 0 Å². The molecule has 0 fully saturated rings. The van der Waals surface area contributed by atoms with Crippen LogP contribution in [-0.4, -0.2) is 22.2 Å². The van der Waals surface area contributed by atoms with E-state index < -0.39 is 30.3 Å². The summed E-state index contributed by atoms with van der Waals surface area (Å²) in [6.07, 6.45) is -0.319. The number of nitrogens with two attached hydrogens (primary N) is 1. The van der Waals surface area contributed by atoms with Gasteiger partial charge in [0.2, 0.25) is 0 Å². The third-order valence-corrected chi connectivity index (χ3v) is 2.16. The molecule has 0 radical (unpaired) electrons. The van der Waals surface area contributed by atoms with Crippen molar-refractivity contribution in [2.75, 3.05) is 0 Å². The van der Waals surface area contributed by atoms with E-state index in [2.05, 4.69) is 0 Å². The average Bonchev–Trinajstić information content (AvgIpc) is 2.21. The third-order valence-electron chi connectivity index (χ3n) is 2.16. The van der Waals surface area contributed by atoms with Crippen LogP contribution in [0, 0.1) is 5.82 Å². The van der Waals surface area contributed by atoms with Crippen molar-refractivity contribution in [1.82, 2.24) is 0 Å². The molecule has 0 aliphatic heterocycles. The van der Waals surface area contributed by atoms with Gasteiger partial charge >= 0.3 is 5.97 Å². The maximum atomic E-state index is 13.3. The molecule has 0 unspecified atom stereocenters. The molecule has 0 heterocycles. The number of carbonyl (C=O) groups is 1. The fourth-order valence-electron chi connectivity index (χ4n) is 1.33. The van der Waals surface area contributed by atoms with Gasteiger partial charge < -0.3 is 15.9 Å². The molecule has 0 spiro atoms. The van der Waals surface area contributed by atoms with E-state index in [9.17, 15) is 13.6 Å². The van der Waals surface area contributed by atoms with E-state index in [4.69, 9.17) is 15.9 Å². The van der Waals surface area contributed by atoms with Crippen molar-refractivity contribution in [3.63, 3.8) is 0 Å². The van der Waals surface area contributed by atoms with Crippen LogP contribution in [0.25, 0.3) is 0 Å². The highest BCUT2D eigenvalue weighted by atomic mass is 19.1. The van der Waals surface area contributed by atoms with Gasteiger partial charge in [-0.1, -0.05) is 0 Å². The minimum atomic E-state index is -1.30. The van der Waals surface area contributed by atoms with Crippen molar-refractivity contribution in [2.45, 2.75) is 19.1 Å². The number of alkyl halides is 1. The van der Waals surface area contributed by atoms with E-state index in [-0.39, 0.29) is 17.5 Å². The van der Waals surface area contributed by atoms with Crippen LogP contribution < -0.4 is 5.73 Å². The molecule has 0 aliphatic carbocycles. The maximum absolute atomic E-state index is 13.3. The zero-order valence-electron chi connectivity index (χ0n) is 8.28. The molecule has 1 atom stereocenters. The lowest BCUT2D eigenvalue weighted by Crippen LogP contribution is -2.32. The summed E-state index contributed by atoms with van der Waals surface area (Å²) in [4.78, 5) is 10.5. The summed E-state index contributed by atoms with van der Waals surface area (Å²) >= 11 is 0.